The van der Waals surface area contributed by atoms with Crippen LogP contribution in [-0.4, -0.2) is 24.3 Å². The molecule has 0 saturated carbocycles. The highest BCUT2D eigenvalue weighted by Gasteiger charge is 2.20. The van der Waals surface area contributed by atoms with Crippen LogP contribution in [0, 0.1) is 0 Å². The maximum absolute atomic E-state index is 5.60. The van der Waals surface area contributed by atoms with E-state index in [4.69, 9.17) is 15.2 Å². The normalized spacial score (nSPS) is 16.7. The summed E-state index contributed by atoms with van der Waals surface area (Å²) in [4.78, 5) is 3.98. The van der Waals surface area contributed by atoms with Crippen molar-refractivity contribution in [2.45, 2.75) is 12.6 Å². The summed E-state index contributed by atoms with van der Waals surface area (Å²) in [6.07, 6.45) is 3.59. The fourth-order valence-corrected chi connectivity index (χ4v) is 1.15. The van der Waals surface area contributed by atoms with Crippen molar-refractivity contribution >= 4 is 0 Å². The number of ether oxygens (including phenoxy) is 2. The molecule has 0 aliphatic carbocycles. The molecule has 4 heteroatoms. The predicted octanol–water partition coefficient (Wildman–Crippen LogP) is 0.318. The van der Waals surface area contributed by atoms with Crippen molar-refractivity contribution < 1.29 is 9.47 Å². The van der Waals surface area contributed by atoms with E-state index < -0.39 is 0 Å². The van der Waals surface area contributed by atoms with Gasteiger partial charge in [-0.15, -0.1) is 0 Å². The van der Waals surface area contributed by atoms with E-state index in [1.807, 2.05) is 6.07 Å². The van der Waals surface area contributed by atoms with Gasteiger partial charge in [0.05, 0.1) is 19.4 Å². The van der Waals surface area contributed by atoms with Gasteiger partial charge in [0.2, 0.25) is 0 Å². The summed E-state index contributed by atoms with van der Waals surface area (Å²) in [5, 5.41) is 0. The second kappa shape index (κ2) is 3.72. The Morgan fingerprint density at radius 3 is 3.08 bits per heavy atom. The standard InChI is InChI=1S/C9H12N2O2/c10-3-7-1-2-11-4-9(7)13-8-5-12-6-8/h1-2,4,8H,3,5-6,10H2. The zero-order valence-electron chi connectivity index (χ0n) is 7.27. The molecule has 1 saturated heterocycles. The van der Waals surface area contributed by atoms with Crippen LogP contribution in [0.25, 0.3) is 0 Å². The van der Waals surface area contributed by atoms with Crippen molar-refractivity contribution in [3.05, 3.63) is 24.0 Å². The van der Waals surface area contributed by atoms with E-state index in [9.17, 15) is 0 Å². The first-order valence-corrected chi connectivity index (χ1v) is 4.27. The molecule has 0 radical (unpaired) electrons. The molecule has 0 atom stereocenters. The van der Waals surface area contributed by atoms with Gasteiger partial charge in [-0.3, -0.25) is 4.98 Å². The zero-order valence-corrected chi connectivity index (χ0v) is 7.27. The minimum Gasteiger partial charge on any atom is -0.484 e. The summed E-state index contributed by atoms with van der Waals surface area (Å²) in [6.45, 7) is 1.81. The van der Waals surface area contributed by atoms with Crippen LogP contribution in [0.15, 0.2) is 18.5 Å². The molecule has 1 aliphatic rings. The van der Waals surface area contributed by atoms with Crippen LogP contribution >= 0.6 is 0 Å². The molecule has 1 aromatic heterocycles. The molecule has 70 valence electrons. The monoisotopic (exact) mass is 180 g/mol. The number of rotatable bonds is 3. The molecule has 0 unspecified atom stereocenters. The first-order valence-electron chi connectivity index (χ1n) is 4.27. The molecule has 1 aliphatic heterocycles. The Hall–Kier alpha value is -1.13. The Morgan fingerprint density at radius 1 is 1.62 bits per heavy atom. The van der Waals surface area contributed by atoms with Gasteiger partial charge in [0.25, 0.3) is 0 Å². The van der Waals surface area contributed by atoms with Gasteiger partial charge < -0.3 is 15.2 Å². The Kier molecular flexibility index (Phi) is 2.42. The fourth-order valence-electron chi connectivity index (χ4n) is 1.15. The van der Waals surface area contributed by atoms with Gasteiger partial charge in [-0.05, 0) is 6.07 Å². The van der Waals surface area contributed by atoms with Gasteiger partial charge in [-0.25, -0.2) is 0 Å². The van der Waals surface area contributed by atoms with Gasteiger partial charge in [0, 0.05) is 18.3 Å². The summed E-state index contributed by atoms with van der Waals surface area (Å²) in [6, 6.07) is 1.87. The Bertz CT molecular complexity index is 287. The molecule has 1 fully saturated rings. The van der Waals surface area contributed by atoms with Crippen LogP contribution in [-0.2, 0) is 11.3 Å². The van der Waals surface area contributed by atoms with Crippen LogP contribution in [0.3, 0.4) is 0 Å². The van der Waals surface area contributed by atoms with E-state index in [2.05, 4.69) is 4.98 Å². The lowest BCUT2D eigenvalue weighted by Gasteiger charge is -2.27. The highest BCUT2D eigenvalue weighted by molar-refractivity contribution is 5.29. The van der Waals surface area contributed by atoms with Crippen molar-refractivity contribution in [3.63, 3.8) is 0 Å². The van der Waals surface area contributed by atoms with Gasteiger partial charge in [-0.2, -0.15) is 0 Å². The fraction of sp³-hybridized carbons (Fsp3) is 0.444. The number of hydrogen-bond donors (Lipinski definition) is 1. The number of nitrogens with zero attached hydrogens (tertiary/aromatic N) is 1. The molecule has 0 aromatic carbocycles. The minimum absolute atomic E-state index is 0.175. The molecule has 0 amide bonds. The molecule has 1 aromatic rings. The summed E-state index contributed by atoms with van der Waals surface area (Å²) in [7, 11) is 0. The molecule has 4 nitrogen and oxygen atoms in total. The topological polar surface area (TPSA) is 57.4 Å². The zero-order chi connectivity index (χ0) is 9.10. The quantitative estimate of drug-likeness (QED) is 0.727. The summed E-state index contributed by atoms with van der Waals surface area (Å²) in [5.74, 6) is 0.776. The molecule has 0 bridgehead atoms. The molecular formula is C9H12N2O2. The van der Waals surface area contributed by atoms with E-state index in [0.29, 0.717) is 19.8 Å². The SMILES string of the molecule is NCc1ccncc1OC1COC1. The highest BCUT2D eigenvalue weighted by atomic mass is 16.6. The average Bonchev–Trinajstić information content (AvgIpc) is 2.12. The number of nitrogens with two attached hydrogens (primary N) is 1. The van der Waals surface area contributed by atoms with Crippen molar-refractivity contribution in [2.75, 3.05) is 13.2 Å². The van der Waals surface area contributed by atoms with Crippen molar-refractivity contribution in [3.8, 4) is 5.75 Å². The molecule has 2 heterocycles. The van der Waals surface area contributed by atoms with E-state index in [0.717, 1.165) is 11.3 Å². The lowest BCUT2D eigenvalue weighted by atomic mass is 10.2. The number of hydrogen-bond acceptors (Lipinski definition) is 4. The maximum atomic E-state index is 5.60. The van der Waals surface area contributed by atoms with Gasteiger partial charge in [0.15, 0.2) is 0 Å². The lowest BCUT2D eigenvalue weighted by Crippen LogP contribution is -2.38. The summed E-state index contributed by atoms with van der Waals surface area (Å²) in [5.41, 5.74) is 6.53. The Labute approximate surface area is 76.7 Å². The first kappa shape index (κ1) is 8.47. The van der Waals surface area contributed by atoms with Crippen LogP contribution in [0.5, 0.6) is 5.75 Å². The smallest absolute Gasteiger partial charge is 0.145 e. The second-order valence-electron chi connectivity index (χ2n) is 2.96. The minimum atomic E-state index is 0.175. The summed E-state index contributed by atoms with van der Waals surface area (Å²) < 4.78 is 10.6. The first-order chi connectivity index (χ1) is 6.40. The van der Waals surface area contributed by atoms with Gasteiger partial charge in [-0.1, -0.05) is 0 Å². The highest BCUT2D eigenvalue weighted by Crippen LogP contribution is 2.19. The van der Waals surface area contributed by atoms with Gasteiger partial charge >= 0.3 is 0 Å². The Balaban J connectivity index is 2.08. The third-order valence-corrected chi connectivity index (χ3v) is 1.99. The van der Waals surface area contributed by atoms with Crippen LogP contribution < -0.4 is 10.5 Å². The van der Waals surface area contributed by atoms with Crippen LogP contribution in [0.2, 0.25) is 0 Å². The lowest BCUT2D eigenvalue weighted by molar-refractivity contribution is -0.0801. The van der Waals surface area contributed by atoms with Crippen molar-refractivity contribution in [1.29, 1.82) is 0 Å². The van der Waals surface area contributed by atoms with Crippen molar-refractivity contribution in [2.24, 2.45) is 5.73 Å². The van der Waals surface area contributed by atoms with Crippen molar-refractivity contribution in [1.82, 2.24) is 4.98 Å². The molecule has 2 rings (SSSR count). The van der Waals surface area contributed by atoms with E-state index in [-0.39, 0.29) is 6.10 Å². The van der Waals surface area contributed by atoms with E-state index in [1.165, 1.54) is 0 Å². The maximum Gasteiger partial charge on any atom is 0.145 e. The van der Waals surface area contributed by atoms with E-state index in [1.54, 1.807) is 12.4 Å². The molecule has 13 heavy (non-hydrogen) atoms. The molecular weight excluding hydrogens is 168 g/mol. The third kappa shape index (κ3) is 1.79. The van der Waals surface area contributed by atoms with Crippen LogP contribution in [0.4, 0.5) is 0 Å². The third-order valence-electron chi connectivity index (χ3n) is 1.99. The summed E-state index contributed by atoms with van der Waals surface area (Å²) >= 11 is 0. The molecule has 0 spiro atoms. The second-order valence-corrected chi connectivity index (χ2v) is 2.96. The van der Waals surface area contributed by atoms with E-state index >= 15 is 0 Å². The van der Waals surface area contributed by atoms with Crippen LogP contribution in [0.1, 0.15) is 5.56 Å². The van der Waals surface area contributed by atoms with Gasteiger partial charge in [0.1, 0.15) is 11.9 Å². The average molecular weight is 180 g/mol. The Morgan fingerprint density at radius 2 is 2.46 bits per heavy atom. The molecule has 2 N–H and O–H groups in total. The predicted molar refractivity (Wildman–Crippen MR) is 47.4 cm³/mol. The number of pyridine rings is 1. The number of aromatic nitrogens is 1. The largest absolute Gasteiger partial charge is 0.484 e.